The summed E-state index contributed by atoms with van der Waals surface area (Å²) in [7, 11) is 0. The van der Waals surface area contributed by atoms with Crippen LogP contribution in [-0.4, -0.2) is 20.6 Å². The number of carboxylic acid groups (broad SMARTS) is 1. The minimum Gasteiger partial charge on any atom is -0.477 e. The van der Waals surface area contributed by atoms with Crippen LogP contribution in [0.15, 0.2) is 22.4 Å². The molecule has 21 heavy (non-hydrogen) atoms. The fraction of sp³-hybridized carbons (Fsp3) is 0.400. The Hall–Kier alpha value is -1.95. The van der Waals surface area contributed by atoms with E-state index in [1.165, 1.54) is 12.3 Å². The van der Waals surface area contributed by atoms with Crippen LogP contribution in [0.1, 0.15) is 47.5 Å². The number of rotatable bonds is 3. The Labute approximate surface area is 126 Å². The number of hydrogen-bond donors (Lipinski definition) is 1. The lowest BCUT2D eigenvalue weighted by atomic mass is 9.93. The van der Waals surface area contributed by atoms with Gasteiger partial charge in [0.15, 0.2) is 5.43 Å². The molecule has 0 unspecified atom stereocenters. The normalized spacial score (nSPS) is 11.6. The average Bonchev–Trinajstić information content (AvgIpc) is 2.80. The highest BCUT2D eigenvalue weighted by Gasteiger charge is 2.18. The van der Waals surface area contributed by atoms with Crippen molar-refractivity contribution in [3.8, 4) is 0 Å². The molecule has 0 aliphatic rings. The Bertz CT molecular complexity index is 738. The number of nitrogens with zero attached hydrogens (tertiary/aromatic N) is 2. The van der Waals surface area contributed by atoms with Crippen molar-refractivity contribution in [3.05, 3.63) is 49.8 Å². The van der Waals surface area contributed by atoms with Crippen LogP contribution >= 0.6 is 11.3 Å². The predicted molar refractivity (Wildman–Crippen MR) is 82.3 cm³/mol. The largest absolute Gasteiger partial charge is 0.477 e. The zero-order valence-corrected chi connectivity index (χ0v) is 13.3. The number of aryl methyl sites for hydroxylation is 1. The second kappa shape index (κ2) is 5.44. The standard InChI is InChI=1S/C15H18N2O3S/c1-9-5-11(18)10(14(19)20)6-17(9)7-13-16-12(8-21-13)15(2,3)4/h5-6,8H,7H2,1-4H3,(H,19,20). The molecule has 6 heteroatoms. The zero-order valence-electron chi connectivity index (χ0n) is 12.5. The third-order valence-corrected chi connectivity index (χ3v) is 4.03. The van der Waals surface area contributed by atoms with Gasteiger partial charge >= 0.3 is 5.97 Å². The number of aromatic nitrogens is 2. The first-order chi connectivity index (χ1) is 9.68. The van der Waals surface area contributed by atoms with Crippen molar-refractivity contribution in [2.75, 3.05) is 0 Å². The summed E-state index contributed by atoms with van der Waals surface area (Å²) in [6, 6.07) is 1.35. The third-order valence-electron chi connectivity index (χ3n) is 3.20. The molecule has 0 saturated heterocycles. The molecule has 2 heterocycles. The molecule has 0 amide bonds. The van der Waals surface area contributed by atoms with Crippen LogP contribution in [0.2, 0.25) is 0 Å². The molecule has 0 bridgehead atoms. The van der Waals surface area contributed by atoms with Crippen molar-refractivity contribution in [1.29, 1.82) is 0 Å². The SMILES string of the molecule is Cc1cc(=O)c(C(=O)O)cn1Cc1nc(C(C)(C)C)cs1. The lowest BCUT2D eigenvalue weighted by molar-refractivity contribution is 0.0694. The van der Waals surface area contributed by atoms with E-state index in [1.54, 1.807) is 22.8 Å². The lowest BCUT2D eigenvalue weighted by Crippen LogP contribution is -2.19. The lowest BCUT2D eigenvalue weighted by Gasteiger charge is -2.14. The van der Waals surface area contributed by atoms with Crippen molar-refractivity contribution < 1.29 is 9.90 Å². The first-order valence-corrected chi connectivity index (χ1v) is 7.45. The molecule has 112 valence electrons. The van der Waals surface area contributed by atoms with E-state index in [1.807, 2.05) is 5.38 Å². The molecule has 0 fully saturated rings. The van der Waals surface area contributed by atoms with Crippen LogP contribution < -0.4 is 5.43 Å². The molecule has 0 aliphatic carbocycles. The van der Waals surface area contributed by atoms with E-state index in [0.717, 1.165) is 16.4 Å². The Balaban J connectivity index is 2.36. The van der Waals surface area contributed by atoms with Crippen molar-refractivity contribution in [2.24, 2.45) is 0 Å². The highest BCUT2D eigenvalue weighted by Crippen LogP contribution is 2.24. The summed E-state index contributed by atoms with van der Waals surface area (Å²) in [5.41, 5.74) is 1.04. The Morgan fingerprint density at radius 3 is 2.62 bits per heavy atom. The smallest absolute Gasteiger partial charge is 0.341 e. The molecule has 0 radical (unpaired) electrons. The molecule has 0 atom stereocenters. The van der Waals surface area contributed by atoms with E-state index in [4.69, 9.17) is 5.11 Å². The van der Waals surface area contributed by atoms with E-state index < -0.39 is 11.4 Å². The highest BCUT2D eigenvalue weighted by atomic mass is 32.1. The van der Waals surface area contributed by atoms with Gasteiger partial charge in [0.25, 0.3) is 0 Å². The van der Waals surface area contributed by atoms with Gasteiger partial charge in [0.2, 0.25) is 0 Å². The number of hydrogen-bond acceptors (Lipinski definition) is 4. The van der Waals surface area contributed by atoms with Gasteiger partial charge < -0.3 is 9.67 Å². The maximum absolute atomic E-state index is 11.6. The molecule has 0 aromatic carbocycles. The highest BCUT2D eigenvalue weighted by molar-refractivity contribution is 7.09. The van der Waals surface area contributed by atoms with Crippen molar-refractivity contribution in [1.82, 2.24) is 9.55 Å². The second-order valence-electron chi connectivity index (χ2n) is 6.00. The number of thiazole rings is 1. The molecule has 2 rings (SSSR count). The Kier molecular flexibility index (Phi) is 4.00. The van der Waals surface area contributed by atoms with Crippen molar-refractivity contribution in [3.63, 3.8) is 0 Å². The summed E-state index contributed by atoms with van der Waals surface area (Å²) >= 11 is 1.54. The van der Waals surface area contributed by atoms with Crippen LogP contribution in [0.3, 0.4) is 0 Å². The number of carboxylic acids is 1. The average molecular weight is 306 g/mol. The van der Waals surface area contributed by atoms with E-state index in [0.29, 0.717) is 6.54 Å². The summed E-state index contributed by atoms with van der Waals surface area (Å²) in [4.78, 5) is 27.2. The third kappa shape index (κ3) is 3.39. The molecule has 0 saturated carbocycles. The van der Waals surface area contributed by atoms with Gasteiger partial charge in [-0.1, -0.05) is 20.8 Å². The summed E-state index contributed by atoms with van der Waals surface area (Å²) in [5.74, 6) is -1.21. The monoisotopic (exact) mass is 306 g/mol. The summed E-state index contributed by atoms with van der Waals surface area (Å²) < 4.78 is 1.75. The molecule has 2 aromatic heterocycles. The summed E-state index contributed by atoms with van der Waals surface area (Å²) in [5, 5.41) is 11.9. The number of carbonyl (C=O) groups is 1. The first-order valence-electron chi connectivity index (χ1n) is 6.58. The number of aromatic carboxylic acids is 1. The van der Waals surface area contributed by atoms with E-state index >= 15 is 0 Å². The fourth-order valence-corrected chi connectivity index (χ4v) is 2.89. The first kappa shape index (κ1) is 15.4. The second-order valence-corrected chi connectivity index (χ2v) is 6.94. The quantitative estimate of drug-likeness (QED) is 0.946. The Morgan fingerprint density at radius 2 is 2.10 bits per heavy atom. The molecule has 0 aliphatic heterocycles. The van der Waals surface area contributed by atoms with Gasteiger partial charge in [0.05, 0.1) is 12.2 Å². The van der Waals surface area contributed by atoms with Crippen LogP contribution in [-0.2, 0) is 12.0 Å². The van der Waals surface area contributed by atoms with Crippen LogP contribution in [0.4, 0.5) is 0 Å². The number of pyridine rings is 1. The summed E-state index contributed by atoms with van der Waals surface area (Å²) in [6.07, 6.45) is 1.39. The van der Waals surface area contributed by atoms with Gasteiger partial charge in [-0.05, 0) is 6.92 Å². The minimum absolute atomic E-state index is 0.0143. The van der Waals surface area contributed by atoms with Crippen molar-refractivity contribution >= 4 is 17.3 Å². The fourth-order valence-electron chi connectivity index (χ4n) is 1.88. The molecular weight excluding hydrogens is 288 g/mol. The summed E-state index contributed by atoms with van der Waals surface area (Å²) in [6.45, 7) is 8.54. The molecule has 5 nitrogen and oxygen atoms in total. The predicted octanol–water partition coefficient (Wildman–Crippen LogP) is 2.66. The molecular formula is C15H18N2O3S. The topological polar surface area (TPSA) is 72.2 Å². The minimum atomic E-state index is -1.21. The maximum atomic E-state index is 11.6. The van der Waals surface area contributed by atoms with Gasteiger partial charge in [0, 0.05) is 28.8 Å². The van der Waals surface area contributed by atoms with Crippen LogP contribution in [0.5, 0.6) is 0 Å². The van der Waals surface area contributed by atoms with Crippen LogP contribution in [0, 0.1) is 6.92 Å². The Morgan fingerprint density at radius 1 is 1.43 bits per heavy atom. The van der Waals surface area contributed by atoms with Gasteiger partial charge in [-0.15, -0.1) is 11.3 Å². The van der Waals surface area contributed by atoms with E-state index in [9.17, 15) is 9.59 Å². The maximum Gasteiger partial charge on any atom is 0.341 e. The molecule has 1 N–H and O–H groups in total. The molecule has 0 spiro atoms. The van der Waals surface area contributed by atoms with Gasteiger partial charge in [-0.3, -0.25) is 4.79 Å². The zero-order chi connectivity index (χ0) is 15.8. The van der Waals surface area contributed by atoms with E-state index in [2.05, 4.69) is 25.8 Å². The van der Waals surface area contributed by atoms with E-state index in [-0.39, 0.29) is 11.0 Å². The van der Waals surface area contributed by atoms with Gasteiger partial charge in [-0.25, -0.2) is 9.78 Å². The molecule has 2 aromatic rings. The van der Waals surface area contributed by atoms with Crippen LogP contribution in [0.25, 0.3) is 0 Å². The van der Waals surface area contributed by atoms with Gasteiger partial charge in [0.1, 0.15) is 10.6 Å². The van der Waals surface area contributed by atoms with Crippen molar-refractivity contribution in [2.45, 2.75) is 39.7 Å². The van der Waals surface area contributed by atoms with Gasteiger partial charge in [-0.2, -0.15) is 0 Å².